The van der Waals surface area contributed by atoms with Crippen LogP contribution in [0, 0.1) is 0 Å². The maximum absolute atomic E-state index is 12.6. The highest BCUT2D eigenvalue weighted by atomic mass is 16.2. The fraction of sp³-hybridized carbons (Fsp3) is 0.458. The Balaban J connectivity index is 1.26. The van der Waals surface area contributed by atoms with Crippen molar-refractivity contribution in [2.24, 2.45) is 0 Å². The number of carbonyl (C=O) groups is 1. The standard InChI is InChI=1S/C24H31N3O/c28-24(26-23-13-7-5-11-20-10-4-6-12-22(20)23)25-21-14-16-27(17-15-21)18-19-8-2-1-3-9-19/h1-4,6,8-10,12,21,23H,5,7,11,13-18H2,(H2,25,26,28). The van der Waals surface area contributed by atoms with E-state index in [0.717, 1.165) is 51.7 Å². The molecule has 1 fully saturated rings. The SMILES string of the molecule is O=C(NC1CCN(Cc2ccccc2)CC1)NC1CCCCc2ccccc21. The van der Waals surface area contributed by atoms with Crippen LogP contribution in [0.1, 0.15) is 54.8 Å². The minimum atomic E-state index is -0.0109. The molecule has 148 valence electrons. The summed E-state index contributed by atoms with van der Waals surface area (Å²) in [5.74, 6) is 0. The van der Waals surface area contributed by atoms with E-state index in [2.05, 4.69) is 70.1 Å². The number of hydrogen-bond donors (Lipinski definition) is 2. The van der Waals surface area contributed by atoms with Crippen LogP contribution in [0.3, 0.4) is 0 Å². The van der Waals surface area contributed by atoms with E-state index in [1.54, 1.807) is 0 Å². The summed E-state index contributed by atoms with van der Waals surface area (Å²) >= 11 is 0. The zero-order chi connectivity index (χ0) is 19.2. The first-order chi connectivity index (χ1) is 13.8. The van der Waals surface area contributed by atoms with Gasteiger partial charge in [-0.2, -0.15) is 0 Å². The number of fused-ring (bicyclic) bond motifs is 1. The highest BCUT2D eigenvalue weighted by Gasteiger charge is 2.23. The topological polar surface area (TPSA) is 44.4 Å². The van der Waals surface area contributed by atoms with Gasteiger partial charge in [0, 0.05) is 25.7 Å². The lowest BCUT2D eigenvalue weighted by atomic mass is 9.99. The third-order valence-electron chi connectivity index (χ3n) is 6.10. The maximum Gasteiger partial charge on any atom is 0.315 e. The molecule has 0 aromatic heterocycles. The van der Waals surface area contributed by atoms with Gasteiger partial charge in [-0.1, -0.05) is 61.0 Å². The second-order valence-corrected chi connectivity index (χ2v) is 8.15. The van der Waals surface area contributed by atoms with Crippen molar-refractivity contribution in [3.8, 4) is 0 Å². The molecule has 28 heavy (non-hydrogen) atoms. The van der Waals surface area contributed by atoms with Gasteiger partial charge >= 0.3 is 6.03 Å². The summed E-state index contributed by atoms with van der Waals surface area (Å²) in [6, 6.07) is 19.6. The Labute approximate surface area is 168 Å². The van der Waals surface area contributed by atoms with E-state index in [-0.39, 0.29) is 18.1 Å². The van der Waals surface area contributed by atoms with E-state index in [4.69, 9.17) is 0 Å². The molecule has 0 spiro atoms. The van der Waals surface area contributed by atoms with Crippen molar-refractivity contribution in [3.05, 3.63) is 71.3 Å². The molecule has 0 radical (unpaired) electrons. The molecule has 1 heterocycles. The summed E-state index contributed by atoms with van der Waals surface area (Å²) in [7, 11) is 0. The molecule has 0 bridgehead atoms. The summed E-state index contributed by atoms with van der Waals surface area (Å²) in [5, 5.41) is 6.47. The fourth-order valence-corrected chi connectivity index (χ4v) is 4.53. The van der Waals surface area contributed by atoms with Gasteiger partial charge in [-0.15, -0.1) is 0 Å². The third-order valence-corrected chi connectivity index (χ3v) is 6.10. The first kappa shape index (κ1) is 19.0. The number of amides is 2. The van der Waals surface area contributed by atoms with E-state index >= 15 is 0 Å². The number of nitrogens with one attached hydrogen (secondary N) is 2. The molecule has 2 amide bonds. The molecule has 4 rings (SSSR count). The van der Waals surface area contributed by atoms with Crippen molar-refractivity contribution in [2.75, 3.05) is 13.1 Å². The van der Waals surface area contributed by atoms with Crippen LogP contribution in [-0.2, 0) is 13.0 Å². The molecule has 1 saturated heterocycles. The van der Waals surface area contributed by atoms with E-state index in [1.807, 2.05) is 0 Å². The number of likely N-dealkylation sites (tertiary alicyclic amines) is 1. The van der Waals surface area contributed by atoms with E-state index < -0.39 is 0 Å². The Bertz CT molecular complexity index is 768. The number of piperidine rings is 1. The van der Waals surface area contributed by atoms with Crippen LogP contribution < -0.4 is 10.6 Å². The lowest BCUT2D eigenvalue weighted by molar-refractivity contribution is 0.185. The number of urea groups is 1. The first-order valence-electron chi connectivity index (χ1n) is 10.7. The van der Waals surface area contributed by atoms with Gasteiger partial charge in [0.2, 0.25) is 0 Å². The third kappa shape index (κ3) is 4.93. The quantitative estimate of drug-likeness (QED) is 0.775. The highest BCUT2D eigenvalue weighted by molar-refractivity contribution is 5.75. The van der Waals surface area contributed by atoms with Gasteiger partial charge in [0.1, 0.15) is 0 Å². The lowest BCUT2D eigenvalue weighted by Gasteiger charge is -2.32. The second-order valence-electron chi connectivity index (χ2n) is 8.15. The van der Waals surface area contributed by atoms with Gasteiger partial charge in [0.05, 0.1) is 6.04 Å². The highest BCUT2D eigenvalue weighted by Crippen LogP contribution is 2.28. The number of carbonyl (C=O) groups excluding carboxylic acids is 1. The van der Waals surface area contributed by atoms with Gasteiger partial charge in [-0.3, -0.25) is 4.90 Å². The van der Waals surface area contributed by atoms with Gasteiger partial charge in [0.25, 0.3) is 0 Å². The number of benzene rings is 2. The average Bonchev–Trinajstić information content (AvgIpc) is 2.93. The second kappa shape index (κ2) is 9.24. The predicted molar refractivity (Wildman–Crippen MR) is 113 cm³/mol. The van der Waals surface area contributed by atoms with E-state index in [0.29, 0.717) is 0 Å². The molecule has 1 aliphatic carbocycles. The predicted octanol–water partition coefficient (Wildman–Crippen LogP) is 4.42. The number of rotatable bonds is 4. The monoisotopic (exact) mass is 377 g/mol. The molecule has 4 nitrogen and oxygen atoms in total. The van der Waals surface area contributed by atoms with Gasteiger partial charge in [0.15, 0.2) is 0 Å². The molecule has 2 N–H and O–H groups in total. The largest absolute Gasteiger partial charge is 0.335 e. The number of hydrogen-bond acceptors (Lipinski definition) is 2. The van der Waals surface area contributed by atoms with E-state index in [1.165, 1.54) is 23.1 Å². The molecule has 1 atom stereocenters. The lowest BCUT2D eigenvalue weighted by Crippen LogP contribution is -2.48. The van der Waals surface area contributed by atoms with Crippen LogP contribution in [0.25, 0.3) is 0 Å². The fourth-order valence-electron chi connectivity index (χ4n) is 4.53. The zero-order valence-corrected chi connectivity index (χ0v) is 16.6. The summed E-state index contributed by atoms with van der Waals surface area (Å²) in [5.41, 5.74) is 4.05. The molecule has 2 aromatic carbocycles. The van der Waals surface area contributed by atoms with Crippen LogP contribution in [0.4, 0.5) is 4.79 Å². The molecular formula is C24H31N3O. The minimum Gasteiger partial charge on any atom is -0.335 e. The Morgan fingerprint density at radius 1 is 0.893 bits per heavy atom. The maximum atomic E-state index is 12.6. The first-order valence-corrected chi connectivity index (χ1v) is 10.7. The molecule has 2 aliphatic rings. The van der Waals surface area contributed by atoms with Gasteiger partial charge in [-0.25, -0.2) is 4.79 Å². The summed E-state index contributed by atoms with van der Waals surface area (Å²) in [6.07, 6.45) is 6.55. The van der Waals surface area contributed by atoms with Crippen molar-refractivity contribution < 1.29 is 4.79 Å². The normalized spacial score (nSPS) is 20.8. The van der Waals surface area contributed by atoms with Crippen LogP contribution in [0.2, 0.25) is 0 Å². The molecule has 1 aliphatic heterocycles. The molecule has 0 saturated carbocycles. The Kier molecular flexibility index (Phi) is 6.27. The molecular weight excluding hydrogens is 346 g/mol. The number of aryl methyl sites for hydroxylation is 1. The summed E-state index contributed by atoms with van der Waals surface area (Å²) in [4.78, 5) is 15.1. The molecule has 2 aromatic rings. The van der Waals surface area contributed by atoms with Crippen molar-refractivity contribution in [2.45, 2.75) is 57.2 Å². The number of nitrogens with zero attached hydrogens (tertiary/aromatic N) is 1. The van der Waals surface area contributed by atoms with Gasteiger partial charge in [-0.05, 0) is 48.8 Å². The summed E-state index contributed by atoms with van der Waals surface area (Å²) < 4.78 is 0. The van der Waals surface area contributed by atoms with Crippen LogP contribution in [0.5, 0.6) is 0 Å². The summed E-state index contributed by atoms with van der Waals surface area (Å²) in [6.45, 7) is 3.07. The Morgan fingerprint density at radius 2 is 1.64 bits per heavy atom. The van der Waals surface area contributed by atoms with Crippen LogP contribution in [-0.4, -0.2) is 30.1 Å². The molecule has 1 unspecified atom stereocenters. The van der Waals surface area contributed by atoms with Crippen LogP contribution >= 0.6 is 0 Å². The zero-order valence-electron chi connectivity index (χ0n) is 16.6. The van der Waals surface area contributed by atoms with Crippen molar-refractivity contribution in [1.82, 2.24) is 15.5 Å². The van der Waals surface area contributed by atoms with Crippen molar-refractivity contribution in [1.29, 1.82) is 0 Å². The van der Waals surface area contributed by atoms with Crippen molar-refractivity contribution >= 4 is 6.03 Å². The van der Waals surface area contributed by atoms with Crippen molar-refractivity contribution in [3.63, 3.8) is 0 Å². The van der Waals surface area contributed by atoms with Gasteiger partial charge < -0.3 is 10.6 Å². The molecule has 4 heteroatoms. The van der Waals surface area contributed by atoms with Crippen LogP contribution in [0.15, 0.2) is 54.6 Å². The Hall–Kier alpha value is -2.33. The smallest absolute Gasteiger partial charge is 0.315 e. The Morgan fingerprint density at radius 3 is 2.46 bits per heavy atom. The minimum absolute atomic E-state index is 0.0109. The average molecular weight is 378 g/mol. The van der Waals surface area contributed by atoms with E-state index in [9.17, 15) is 4.79 Å².